The van der Waals surface area contributed by atoms with Crippen LogP contribution in [-0.2, 0) is 6.42 Å². The number of nitrogens with one attached hydrogen (secondary N) is 1. The molecule has 0 aromatic carbocycles. The van der Waals surface area contributed by atoms with Crippen molar-refractivity contribution in [1.82, 2.24) is 10.5 Å². The van der Waals surface area contributed by atoms with Crippen molar-refractivity contribution in [3.05, 3.63) is 17.5 Å². The molecule has 15 heavy (non-hydrogen) atoms. The second-order valence-corrected chi connectivity index (χ2v) is 4.91. The van der Waals surface area contributed by atoms with Gasteiger partial charge in [-0.05, 0) is 44.7 Å². The fourth-order valence-corrected chi connectivity index (χ4v) is 2.38. The van der Waals surface area contributed by atoms with E-state index in [0.717, 1.165) is 24.6 Å². The molecule has 1 saturated carbocycles. The summed E-state index contributed by atoms with van der Waals surface area (Å²) in [5, 5.41) is 7.58. The van der Waals surface area contributed by atoms with Gasteiger partial charge in [-0.1, -0.05) is 5.16 Å². The van der Waals surface area contributed by atoms with Gasteiger partial charge in [0.2, 0.25) is 0 Å². The van der Waals surface area contributed by atoms with Crippen molar-refractivity contribution in [1.29, 1.82) is 0 Å². The molecule has 1 atom stereocenters. The number of piperidine rings is 1. The van der Waals surface area contributed by atoms with Gasteiger partial charge in [-0.2, -0.15) is 0 Å². The highest BCUT2D eigenvalue weighted by Gasteiger charge is 2.27. The Labute approximate surface area is 90.2 Å². The lowest BCUT2D eigenvalue weighted by atomic mass is 9.95. The van der Waals surface area contributed by atoms with Crippen molar-refractivity contribution in [3.8, 4) is 0 Å². The van der Waals surface area contributed by atoms with Crippen molar-refractivity contribution >= 4 is 0 Å². The summed E-state index contributed by atoms with van der Waals surface area (Å²) in [5.41, 5.74) is 1.19. The van der Waals surface area contributed by atoms with Crippen LogP contribution in [-0.4, -0.2) is 18.2 Å². The number of hydrogen-bond donors (Lipinski definition) is 1. The van der Waals surface area contributed by atoms with E-state index in [4.69, 9.17) is 4.52 Å². The summed E-state index contributed by atoms with van der Waals surface area (Å²) in [6.45, 7) is 2.32. The molecule has 1 aromatic rings. The van der Waals surface area contributed by atoms with Crippen LogP contribution in [0.1, 0.15) is 43.1 Å². The standard InChI is InChI=1S/C12H18N2O/c1-2-9(8-13-5-1)6-11-7-12(14-15-11)10-3-4-10/h7,9-10,13H,1-6,8H2. The second kappa shape index (κ2) is 3.97. The third-order valence-electron chi connectivity index (χ3n) is 3.46. The van der Waals surface area contributed by atoms with E-state index in [9.17, 15) is 0 Å². The zero-order chi connectivity index (χ0) is 10.1. The van der Waals surface area contributed by atoms with Crippen LogP contribution in [0, 0.1) is 5.92 Å². The molecule has 1 aliphatic carbocycles. The zero-order valence-electron chi connectivity index (χ0n) is 9.04. The maximum atomic E-state index is 5.39. The molecule has 1 aromatic heterocycles. The van der Waals surface area contributed by atoms with Crippen molar-refractivity contribution in [2.75, 3.05) is 13.1 Å². The van der Waals surface area contributed by atoms with E-state index in [1.54, 1.807) is 0 Å². The summed E-state index contributed by atoms with van der Waals surface area (Å²) in [6, 6.07) is 2.17. The van der Waals surface area contributed by atoms with E-state index in [1.807, 2.05) is 0 Å². The highest BCUT2D eigenvalue weighted by Crippen LogP contribution is 2.39. The lowest BCUT2D eigenvalue weighted by Crippen LogP contribution is -2.30. The van der Waals surface area contributed by atoms with Gasteiger partial charge < -0.3 is 9.84 Å². The van der Waals surface area contributed by atoms with Gasteiger partial charge in [0.15, 0.2) is 0 Å². The molecule has 2 aliphatic rings. The van der Waals surface area contributed by atoms with Crippen LogP contribution in [0.15, 0.2) is 10.6 Å². The zero-order valence-corrected chi connectivity index (χ0v) is 9.04. The molecular formula is C12H18N2O. The maximum Gasteiger partial charge on any atom is 0.137 e. The van der Waals surface area contributed by atoms with Gasteiger partial charge in [0.25, 0.3) is 0 Å². The van der Waals surface area contributed by atoms with Crippen molar-refractivity contribution in [2.24, 2.45) is 5.92 Å². The maximum absolute atomic E-state index is 5.39. The predicted octanol–water partition coefficient (Wildman–Crippen LogP) is 2.09. The van der Waals surface area contributed by atoms with Gasteiger partial charge in [-0.25, -0.2) is 0 Å². The van der Waals surface area contributed by atoms with Gasteiger partial charge in [-0.3, -0.25) is 0 Å². The van der Waals surface area contributed by atoms with E-state index >= 15 is 0 Å². The molecule has 3 rings (SSSR count). The molecule has 3 heteroatoms. The average Bonchev–Trinajstić information content (AvgIpc) is 3.02. The van der Waals surface area contributed by atoms with Gasteiger partial charge in [-0.15, -0.1) is 0 Å². The molecule has 3 nitrogen and oxygen atoms in total. The minimum absolute atomic E-state index is 0.715. The van der Waals surface area contributed by atoms with Crippen LogP contribution in [0.4, 0.5) is 0 Å². The lowest BCUT2D eigenvalue weighted by molar-refractivity contribution is 0.319. The van der Waals surface area contributed by atoms with Crippen LogP contribution < -0.4 is 5.32 Å². The van der Waals surface area contributed by atoms with Crippen LogP contribution in [0.2, 0.25) is 0 Å². The van der Waals surface area contributed by atoms with E-state index in [0.29, 0.717) is 5.92 Å². The molecule has 82 valence electrons. The van der Waals surface area contributed by atoms with E-state index < -0.39 is 0 Å². The minimum atomic E-state index is 0.715. The SMILES string of the molecule is c1c(C2CC2)noc1CC1CCCNC1. The highest BCUT2D eigenvalue weighted by molar-refractivity contribution is 5.15. The van der Waals surface area contributed by atoms with E-state index in [-0.39, 0.29) is 0 Å². The Morgan fingerprint density at radius 2 is 2.33 bits per heavy atom. The van der Waals surface area contributed by atoms with Crippen molar-refractivity contribution < 1.29 is 4.52 Å². The molecule has 1 aliphatic heterocycles. The first-order chi connectivity index (χ1) is 7.42. The van der Waals surface area contributed by atoms with E-state index in [1.165, 1.54) is 37.9 Å². The summed E-state index contributed by atoms with van der Waals surface area (Å²) < 4.78 is 5.39. The first kappa shape index (κ1) is 9.40. The minimum Gasteiger partial charge on any atom is -0.361 e. The molecule has 1 N–H and O–H groups in total. The molecule has 0 bridgehead atoms. The van der Waals surface area contributed by atoms with E-state index in [2.05, 4.69) is 16.5 Å². The first-order valence-electron chi connectivity index (χ1n) is 6.08. The molecule has 1 saturated heterocycles. The Hall–Kier alpha value is -0.830. The molecule has 2 fully saturated rings. The molecule has 0 spiro atoms. The molecule has 1 unspecified atom stereocenters. The summed E-state index contributed by atoms with van der Waals surface area (Å²) in [7, 11) is 0. The molecule has 2 heterocycles. The average molecular weight is 206 g/mol. The topological polar surface area (TPSA) is 38.1 Å². The number of nitrogens with zero attached hydrogens (tertiary/aromatic N) is 1. The van der Waals surface area contributed by atoms with Crippen LogP contribution in [0.25, 0.3) is 0 Å². The summed E-state index contributed by atoms with van der Waals surface area (Å²) in [5.74, 6) is 2.55. The Kier molecular flexibility index (Phi) is 2.49. The molecule has 0 amide bonds. The third kappa shape index (κ3) is 2.23. The number of aromatic nitrogens is 1. The predicted molar refractivity (Wildman–Crippen MR) is 57.8 cm³/mol. The quantitative estimate of drug-likeness (QED) is 0.823. The highest BCUT2D eigenvalue weighted by atomic mass is 16.5. The third-order valence-corrected chi connectivity index (χ3v) is 3.46. The van der Waals surface area contributed by atoms with Gasteiger partial charge in [0.1, 0.15) is 5.76 Å². The molecule has 0 radical (unpaired) electrons. The second-order valence-electron chi connectivity index (χ2n) is 4.91. The van der Waals surface area contributed by atoms with Crippen LogP contribution >= 0.6 is 0 Å². The lowest BCUT2D eigenvalue weighted by Gasteiger charge is -2.21. The van der Waals surface area contributed by atoms with Crippen molar-refractivity contribution in [2.45, 2.75) is 38.0 Å². The monoisotopic (exact) mass is 206 g/mol. The Morgan fingerprint density at radius 1 is 1.40 bits per heavy atom. The number of rotatable bonds is 3. The van der Waals surface area contributed by atoms with Gasteiger partial charge in [0.05, 0.1) is 5.69 Å². The first-order valence-corrected chi connectivity index (χ1v) is 6.08. The summed E-state index contributed by atoms with van der Waals surface area (Å²) in [4.78, 5) is 0. The number of hydrogen-bond acceptors (Lipinski definition) is 3. The smallest absolute Gasteiger partial charge is 0.137 e. The van der Waals surface area contributed by atoms with Crippen molar-refractivity contribution in [3.63, 3.8) is 0 Å². The summed E-state index contributed by atoms with van der Waals surface area (Å²) >= 11 is 0. The Morgan fingerprint density at radius 3 is 3.07 bits per heavy atom. The largest absolute Gasteiger partial charge is 0.361 e. The summed E-state index contributed by atoms with van der Waals surface area (Å²) in [6.07, 6.45) is 6.29. The van der Waals surface area contributed by atoms with Crippen LogP contribution in [0.5, 0.6) is 0 Å². The molecular weight excluding hydrogens is 188 g/mol. The van der Waals surface area contributed by atoms with Crippen LogP contribution in [0.3, 0.4) is 0 Å². The Bertz CT molecular complexity index is 324. The Balaban J connectivity index is 1.60. The fraction of sp³-hybridized carbons (Fsp3) is 0.750. The fourth-order valence-electron chi connectivity index (χ4n) is 2.38. The normalized spacial score (nSPS) is 26.8. The van der Waals surface area contributed by atoms with Gasteiger partial charge in [0, 0.05) is 18.4 Å². The van der Waals surface area contributed by atoms with Gasteiger partial charge >= 0.3 is 0 Å².